The maximum Gasteiger partial charge on any atom is 0.262 e. The van der Waals surface area contributed by atoms with Crippen molar-refractivity contribution in [2.75, 3.05) is 11.9 Å². The Balaban J connectivity index is 1.90. The Kier molecular flexibility index (Phi) is 4.76. The van der Waals surface area contributed by atoms with Gasteiger partial charge in [0, 0.05) is 16.4 Å². The molecule has 0 aliphatic heterocycles. The molecule has 0 spiro atoms. The summed E-state index contributed by atoms with van der Waals surface area (Å²) in [5.74, 6) is 0.117. The second-order valence-corrected chi connectivity index (χ2v) is 4.91. The van der Waals surface area contributed by atoms with Crippen LogP contribution < -0.4 is 10.1 Å². The molecular weight excluding hydrogens is 332 g/mol. The van der Waals surface area contributed by atoms with Crippen molar-refractivity contribution in [1.29, 1.82) is 0 Å². The van der Waals surface area contributed by atoms with Gasteiger partial charge >= 0.3 is 0 Å². The number of amides is 1. The van der Waals surface area contributed by atoms with E-state index >= 15 is 0 Å². The lowest BCUT2D eigenvalue weighted by molar-refractivity contribution is -0.118. The number of pyridine rings is 1. The van der Waals surface area contributed by atoms with Gasteiger partial charge in [0.15, 0.2) is 17.5 Å². The van der Waals surface area contributed by atoms with Crippen molar-refractivity contribution in [3.63, 3.8) is 0 Å². The first kappa shape index (κ1) is 13.8. The van der Waals surface area contributed by atoms with Crippen LogP contribution in [0.3, 0.4) is 0 Å². The molecule has 0 radical (unpaired) electrons. The molecule has 1 amide bonds. The summed E-state index contributed by atoms with van der Waals surface area (Å²) in [6, 6.07) is 10.6. The molecule has 0 aliphatic carbocycles. The van der Waals surface area contributed by atoms with Crippen molar-refractivity contribution < 1.29 is 9.53 Å². The number of benzene rings is 1. The van der Waals surface area contributed by atoms with Crippen LogP contribution in [0.25, 0.3) is 0 Å². The molecule has 0 fully saturated rings. The van der Waals surface area contributed by atoms with E-state index in [2.05, 4.69) is 26.2 Å². The van der Waals surface area contributed by atoms with E-state index in [1.807, 2.05) is 12.1 Å². The van der Waals surface area contributed by atoms with Crippen molar-refractivity contribution in [2.45, 2.75) is 0 Å². The molecule has 1 aromatic carbocycles. The van der Waals surface area contributed by atoms with Gasteiger partial charge in [-0.05, 0) is 30.3 Å². The molecule has 6 heteroatoms. The lowest BCUT2D eigenvalue weighted by atomic mass is 10.3. The van der Waals surface area contributed by atoms with Gasteiger partial charge in [-0.15, -0.1) is 0 Å². The number of anilines is 1. The number of rotatable bonds is 4. The average molecular weight is 342 g/mol. The summed E-state index contributed by atoms with van der Waals surface area (Å²) in [5.41, 5.74) is 0.695. The molecule has 0 saturated heterocycles. The van der Waals surface area contributed by atoms with Crippen molar-refractivity contribution in [3.8, 4) is 5.75 Å². The zero-order valence-electron chi connectivity index (χ0n) is 9.77. The Morgan fingerprint density at radius 1 is 1.37 bits per heavy atom. The van der Waals surface area contributed by atoms with Gasteiger partial charge in [-0.25, -0.2) is 4.98 Å². The monoisotopic (exact) mass is 340 g/mol. The lowest BCUT2D eigenvalue weighted by Gasteiger charge is -2.08. The Morgan fingerprint density at radius 2 is 2.21 bits per heavy atom. The SMILES string of the molecule is O=C(COc1cccnc1Cl)Nc1cccc(Br)c1. The molecule has 0 unspecified atom stereocenters. The van der Waals surface area contributed by atoms with Crippen molar-refractivity contribution in [2.24, 2.45) is 0 Å². The summed E-state index contributed by atoms with van der Waals surface area (Å²) in [6.07, 6.45) is 1.55. The first-order chi connectivity index (χ1) is 9.15. The molecule has 0 aliphatic rings. The number of ether oxygens (including phenoxy) is 1. The molecule has 2 rings (SSSR count). The largest absolute Gasteiger partial charge is 0.481 e. The predicted octanol–water partition coefficient (Wildman–Crippen LogP) is 3.52. The molecule has 19 heavy (non-hydrogen) atoms. The number of carbonyl (C=O) groups is 1. The van der Waals surface area contributed by atoms with Crippen molar-refractivity contribution in [1.82, 2.24) is 4.98 Å². The zero-order valence-corrected chi connectivity index (χ0v) is 12.1. The number of hydrogen-bond donors (Lipinski definition) is 1. The van der Waals surface area contributed by atoms with Gasteiger partial charge in [0.1, 0.15) is 0 Å². The normalized spacial score (nSPS) is 10.0. The topological polar surface area (TPSA) is 51.2 Å². The number of nitrogens with zero attached hydrogens (tertiary/aromatic N) is 1. The van der Waals surface area contributed by atoms with E-state index in [4.69, 9.17) is 16.3 Å². The van der Waals surface area contributed by atoms with Crippen LogP contribution in [0.5, 0.6) is 5.75 Å². The first-order valence-corrected chi connectivity index (χ1v) is 6.61. The molecule has 4 nitrogen and oxygen atoms in total. The molecule has 1 aromatic heterocycles. The van der Waals surface area contributed by atoms with Gasteiger partial charge in [-0.2, -0.15) is 0 Å². The Bertz CT molecular complexity index is 592. The fourth-order valence-corrected chi connectivity index (χ4v) is 1.96. The molecule has 0 bridgehead atoms. The van der Waals surface area contributed by atoms with Gasteiger partial charge in [-0.1, -0.05) is 33.6 Å². The Morgan fingerprint density at radius 3 is 2.95 bits per heavy atom. The van der Waals surface area contributed by atoms with Gasteiger partial charge in [0.25, 0.3) is 5.91 Å². The Hall–Kier alpha value is -1.59. The van der Waals surface area contributed by atoms with E-state index in [1.54, 1.807) is 30.5 Å². The third-order valence-corrected chi connectivity index (χ3v) is 2.97. The number of nitrogens with one attached hydrogen (secondary N) is 1. The van der Waals surface area contributed by atoms with Gasteiger partial charge in [0.05, 0.1) is 0 Å². The third-order valence-electron chi connectivity index (χ3n) is 2.19. The van der Waals surface area contributed by atoms with Crippen LogP contribution >= 0.6 is 27.5 Å². The van der Waals surface area contributed by atoms with Crippen LogP contribution in [0.15, 0.2) is 47.1 Å². The van der Waals surface area contributed by atoms with E-state index in [9.17, 15) is 4.79 Å². The molecule has 2 aromatic rings. The van der Waals surface area contributed by atoms with Crippen LogP contribution in [0.1, 0.15) is 0 Å². The van der Waals surface area contributed by atoms with Crippen molar-refractivity contribution >= 4 is 39.1 Å². The fraction of sp³-hybridized carbons (Fsp3) is 0.0769. The highest BCUT2D eigenvalue weighted by molar-refractivity contribution is 9.10. The minimum atomic E-state index is -0.266. The van der Waals surface area contributed by atoms with Crippen LogP contribution in [0, 0.1) is 0 Å². The fourth-order valence-electron chi connectivity index (χ4n) is 1.39. The predicted molar refractivity (Wildman–Crippen MR) is 77.5 cm³/mol. The summed E-state index contributed by atoms with van der Waals surface area (Å²) in [7, 11) is 0. The second kappa shape index (κ2) is 6.54. The number of hydrogen-bond acceptors (Lipinski definition) is 3. The quantitative estimate of drug-likeness (QED) is 0.866. The van der Waals surface area contributed by atoms with E-state index in [0.29, 0.717) is 11.4 Å². The van der Waals surface area contributed by atoms with E-state index in [0.717, 1.165) is 4.47 Å². The smallest absolute Gasteiger partial charge is 0.262 e. The first-order valence-electron chi connectivity index (χ1n) is 5.44. The lowest BCUT2D eigenvalue weighted by Crippen LogP contribution is -2.20. The highest BCUT2D eigenvalue weighted by Crippen LogP contribution is 2.20. The van der Waals surface area contributed by atoms with Crippen LogP contribution in [-0.2, 0) is 4.79 Å². The summed E-state index contributed by atoms with van der Waals surface area (Å²) >= 11 is 9.14. The maximum atomic E-state index is 11.7. The second-order valence-electron chi connectivity index (χ2n) is 3.64. The highest BCUT2D eigenvalue weighted by atomic mass is 79.9. The molecule has 0 atom stereocenters. The average Bonchev–Trinajstić information content (AvgIpc) is 2.38. The molecule has 1 heterocycles. The highest BCUT2D eigenvalue weighted by Gasteiger charge is 2.06. The minimum Gasteiger partial charge on any atom is -0.481 e. The van der Waals surface area contributed by atoms with Gasteiger partial charge in [-0.3, -0.25) is 4.79 Å². The summed E-state index contributed by atoms with van der Waals surface area (Å²) in [4.78, 5) is 15.5. The minimum absolute atomic E-state index is 0.127. The van der Waals surface area contributed by atoms with Gasteiger partial charge in [0.2, 0.25) is 0 Å². The summed E-state index contributed by atoms with van der Waals surface area (Å²) in [6.45, 7) is -0.127. The standard InChI is InChI=1S/C13H10BrClN2O2/c14-9-3-1-4-10(7-9)17-12(18)8-19-11-5-2-6-16-13(11)15/h1-7H,8H2,(H,17,18). The van der Waals surface area contributed by atoms with E-state index in [-0.39, 0.29) is 17.7 Å². The zero-order chi connectivity index (χ0) is 13.7. The number of carbonyl (C=O) groups excluding carboxylic acids is 1. The summed E-state index contributed by atoms with van der Waals surface area (Å²) < 4.78 is 6.17. The van der Waals surface area contributed by atoms with E-state index < -0.39 is 0 Å². The maximum absolute atomic E-state index is 11.7. The van der Waals surface area contributed by atoms with E-state index in [1.165, 1.54) is 0 Å². The number of halogens is 2. The Labute approximate surface area is 123 Å². The molecule has 1 N–H and O–H groups in total. The summed E-state index contributed by atoms with van der Waals surface area (Å²) in [5, 5.41) is 2.95. The molecule has 0 saturated carbocycles. The van der Waals surface area contributed by atoms with Gasteiger partial charge < -0.3 is 10.1 Å². The van der Waals surface area contributed by atoms with Crippen LogP contribution in [0.2, 0.25) is 5.15 Å². The molecular formula is C13H10BrClN2O2. The van der Waals surface area contributed by atoms with Crippen molar-refractivity contribution in [3.05, 3.63) is 52.2 Å². The van der Waals surface area contributed by atoms with Crippen LogP contribution in [-0.4, -0.2) is 17.5 Å². The van der Waals surface area contributed by atoms with Crippen LogP contribution in [0.4, 0.5) is 5.69 Å². The molecule has 98 valence electrons. The number of aromatic nitrogens is 1. The third kappa shape index (κ3) is 4.22.